The Morgan fingerprint density at radius 3 is 2.66 bits per heavy atom. The molecule has 0 radical (unpaired) electrons. The predicted octanol–water partition coefficient (Wildman–Crippen LogP) is 1.76. The number of fused-ring (bicyclic) bond motifs is 1. The molecule has 32 heavy (non-hydrogen) atoms. The van der Waals surface area contributed by atoms with Crippen molar-refractivity contribution in [3.8, 4) is 0 Å². The third-order valence-electron chi connectivity index (χ3n) is 5.87. The fourth-order valence-corrected chi connectivity index (χ4v) is 4.09. The topological polar surface area (TPSA) is 107 Å². The van der Waals surface area contributed by atoms with Crippen LogP contribution in [0, 0.1) is 5.82 Å². The Hall–Kier alpha value is -3.46. The number of nitrogen functional groups attached to an aromatic ring is 1. The number of rotatable bonds is 6. The van der Waals surface area contributed by atoms with Gasteiger partial charge in [-0.15, -0.1) is 0 Å². The van der Waals surface area contributed by atoms with Gasteiger partial charge in [0.15, 0.2) is 0 Å². The molecule has 2 aromatic heterocycles. The summed E-state index contributed by atoms with van der Waals surface area (Å²) < 4.78 is 13.5. The van der Waals surface area contributed by atoms with Crippen LogP contribution in [0.1, 0.15) is 22.5 Å². The van der Waals surface area contributed by atoms with E-state index in [1.807, 2.05) is 12.1 Å². The van der Waals surface area contributed by atoms with Gasteiger partial charge in [0.2, 0.25) is 0 Å². The standard InChI is InChI=1S/C23H27FN6O2/c1-26-22(31)15-4-5-21(27-14-15)30-9-7-29(8-10-30)6-2-3-17-13-18-19(23(32)28-17)11-16(24)12-20(18)25/h4-5,11-14H,2-3,6-10,25H2,1H3,(H,26,31)(H,28,32). The van der Waals surface area contributed by atoms with Gasteiger partial charge in [0.05, 0.1) is 10.9 Å². The third-order valence-corrected chi connectivity index (χ3v) is 5.87. The molecule has 168 valence electrons. The van der Waals surface area contributed by atoms with Crippen molar-refractivity contribution in [1.29, 1.82) is 0 Å². The van der Waals surface area contributed by atoms with Crippen molar-refractivity contribution in [3.63, 3.8) is 0 Å². The van der Waals surface area contributed by atoms with E-state index in [2.05, 4.69) is 25.1 Å². The number of nitrogens with two attached hydrogens (primary N) is 1. The molecular weight excluding hydrogens is 411 g/mol. The number of H-pyrrole nitrogens is 1. The number of nitrogens with one attached hydrogen (secondary N) is 2. The van der Waals surface area contributed by atoms with Gasteiger partial charge < -0.3 is 20.9 Å². The minimum Gasteiger partial charge on any atom is -0.398 e. The van der Waals surface area contributed by atoms with E-state index in [4.69, 9.17) is 5.73 Å². The predicted molar refractivity (Wildman–Crippen MR) is 124 cm³/mol. The molecule has 4 N–H and O–H groups in total. The highest BCUT2D eigenvalue weighted by atomic mass is 19.1. The summed E-state index contributed by atoms with van der Waals surface area (Å²) in [4.78, 5) is 35.8. The molecular formula is C23H27FN6O2. The Bertz CT molecular complexity index is 1170. The van der Waals surface area contributed by atoms with Gasteiger partial charge in [0.1, 0.15) is 11.6 Å². The van der Waals surface area contributed by atoms with Crippen molar-refractivity contribution in [2.24, 2.45) is 0 Å². The second-order valence-electron chi connectivity index (χ2n) is 8.00. The first-order valence-corrected chi connectivity index (χ1v) is 10.7. The van der Waals surface area contributed by atoms with Crippen LogP contribution >= 0.6 is 0 Å². The zero-order valence-electron chi connectivity index (χ0n) is 18.0. The number of carbonyl (C=O) groups excluding carboxylic acids is 1. The van der Waals surface area contributed by atoms with Crippen LogP contribution in [-0.2, 0) is 6.42 Å². The molecule has 8 nitrogen and oxygen atoms in total. The van der Waals surface area contributed by atoms with E-state index in [1.165, 1.54) is 12.1 Å². The van der Waals surface area contributed by atoms with E-state index < -0.39 is 5.82 Å². The van der Waals surface area contributed by atoms with Gasteiger partial charge in [-0.05, 0) is 49.7 Å². The van der Waals surface area contributed by atoms with Gasteiger partial charge in [-0.2, -0.15) is 0 Å². The molecule has 1 aliphatic heterocycles. The highest BCUT2D eigenvalue weighted by Gasteiger charge is 2.18. The maximum absolute atomic E-state index is 13.5. The number of carbonyl (C=O) groups is 1. The number of hydrogen-bond donors (Lipinski definition) is 3. The third kappa shape index (κ3) is 4.72. The zero-order valence-corrected chi connectivity index (χ0v) is 18.0. The second kappa shape index (κ2) is 9.35. The molecule has 1 saturated heterocycles. The number of aromatic amines is 1. The largest absolute Gasteiger partial charge is 0.398 e. The van der Waals surface area contributed by atoms with Crippen LogP contribution in [0.15, 0.2) is 41.3 Å². The van der Waals surface area contributed by atoms with Crippen molar-refractivity contribution < 1.29 is 9.18 Å². The number of amides is 1. The van der Waals surface area contributed by atoms with E-state index in [1.54, 1.807) is 19.3 Å². The SMILES string of the molecule is CNC(=O)c1ccc(N2CCN(CCCc3cc4c(N)cc(F)cc4c(=O)[nH]3)CC2)nc1. The summed E-state index contributed by atoms with van der Waals surface area (Å²) >= 11 is 0. The zero-order chi connectivity index (χ0) is 22.7. The van der Waals surface area contributed by atoms with E-state index in [9.17, 15) is 14.0 Å². The highest BCUT2D eigenvalue weighted by Crippen LogP contribution is 2.21. The van der Waals surface area contributed by atoms with Gasteiger partial charge >= 0.3 is 0 Å². The molecule has 1 aromatic carbocycles. The maximum Gasteiger partial charge on any atom is 0.256 e. The van der Waals surface area contributed by atoms with Crippen LogP contribution in [0.4, 0.5) is 15.9 Å². The summed E-state index contributed by atoms with van der Waals surface area (Å²) in [5.74, 6) is 0.224. The van der Waals surface area contributed by atoms with Crippen LogP contribution in [0.25, 0.3) is 10.8 Å². The Morgan fingerprint density at radius 1 is 1.19 bits per heavy atom. The first-order valence-electron chi connectivity index (χ1n) is 10.7. The van der Waals surface area contributed by atoms with Gasteiger partial charge in [-0.3, -0.25) is 14.5 Å². The number of nitrogens with zero attached hydrogens (tertiary/aromatic N) is 3. The van der Waals surface area contributed by atoms with E-state index in [0.717, 1.165) is 50.7 Å². The molecule has 1 fully saturated rings. The average molecular weight is 439 g/mol. The van der Waals surface area contributed by atoms with Gasteiger partial charge in [-0.25, -0.2) is 9.37 Å². The Morgan fingerprint density at radius 2 is 1.97 bits per heavy atom. The van der Waals surface area contributed by atoms with Crippen molar-refractivity contribution in [2.75, 3.05) is 50.4 Å². The number of anilines is 2. The normalized spacial score (nSPS) is 14.6. The summed E-state index contributed by atoms with van der Waals surface area (Å²) in [6.07, 6.45) is 3.21. The summed E-state index contributed by atoms with van der Waals surface area (Å²) in [6.45, 7) is 4.47. The van der Waals surface area contributed by atoms with Crippen molar-refractivity contribution in [3.05, 3.63) is 64.0 Å². The fraction of sp³-hybridized carbons (Fsp3) is 0.348. The summed E-state index contributed by atoms with van der Waals surface area (Å²) in [5, 5.41) is 3.46. The molecule has 1 aliphatic rings. The number of aromatic nitrogens is 2. The molecule has 0 bridgehead atoms. The van der Waals surface area contributed by atoms with Crippen LogP contribution < -0.4 is 21.5 Å². The quantitative estimate of drug-likeness (QED) is 0.506. The molecule has 0 spiro atoms. The lowest BCUT2D eigenvalue weighted by atomic mass is 10.1. The van der Waals surface area contributed by atoms with Gasteiger partial charge in [0, 0.05) is 56.2 Å². The number of halogens is 1. The molecule has 3 heterocycles. The first-order chi connectivity index (χ1) is 15.4. The summed E-state index contributed by atoms with van der Waals surface area (Å²) in [5.41, 5.74) is 7.22. The number of benzene rings is 1. The van der Waals surface area contributed by atoms with Crippen molar-refractivity contribution in [1.82, 2.24) is 20.2 Å². The van der Waals surface area contributed by atoms with Crippen molar-refractivity contribution >= 4 is 28.2 Å². The molecule has 3 aromatic rings. The average Bonchev–Trinajstić information content (AvgIpc) is 2.80. The van der Waals surface area contributed by atoms with E-state index in [-0.39, 0.29) is 22.5 Å². The van der Waals surface area contributed by atoms with E-state index in [0.29, 0.717) is 17.4 Å². The number of piperazine rings is 1. The van der Waals surface area contributed by atoms with E-state index >= 15 is 0 Å². The molecule has 0 aliphatic carbocycles. The molecule has 0 atom stereocenters. The molecule has 9 heteroatoms. The smallest absolute Gasteiger partial charge is 0.256 e. The Kier molecular flexibility index (Phi) is 6.36. The Balaban J connectivity index is 1.29. The fourth-order valence-electron chi connectivity index (χ4n) is 4.09. The minimum atomic E-state index is -0.509. The minimum absolute atomic E-state index is 0.142. The first kappa shape index (κ1) is 21.8. The maximum atomic E-state index is 13.5. The summed E-state index contributed by atoms with van der Waals surface area (Å²) in [6, 6.07) is 7.98. The lowest BCUT2D eigenvalue weighted by molar-refractivity contribution is 0.0962. The Labute approximate surface area is 185 Å². The van der Waals surface area contributed by atoms with Crippen LogP contribution in [0.5, 0.6) is 0 Å². The van der Waals surface area contributed by atoms with Crippen LogP contribution in [-0.4, -0.2) is 60.5 Å². The monoisotopic (exact) mass is 438 g/mol. The molecule has 0 unspecified atom stereocenters. The summed E-state index contributed by atoms with van der Waals surface area (Å²) in [7, 11) is 1.60. The van der Waals surface area contributed by atoms with Crippen LogP contribution in [0.3, 0.4) is 0 Å². The van der Waals surface area contributed by atoms with Gasteiger partial charge in [-0.1, -0.05) is 0 Å². The highest BCUT2D eigenvalue weighted by molar-refractivity contribution is 5.94. The van der Waals surface area contributed by atoms with Gasteiger partial charge in [0.25, 0.3) is 11.5 Å². The molecule has 4 rings (SSSR count). The molecule has 1 amide bonds. The lowest BCUT2D eigenvalue weighted by Crippen LogP contribution is -2.47. The lowest BCUT2D eigenvalue weighted by Gasteiger charge is -2.35. The van der Waals surface area contributed by atoms with Crippen LogP contribution in [0.2, 0.25) is 0 Å². The number of hydrogen-bond acceptors (Lipinski definition) is 6. The molecule has 0 saturated carbocycles. The van der Waals surface area contributed by atoms with Crippen molar-refractivity contribution in [2.45, 2.75) is 12.8 Å². The number of pyridine rings is 2. The number of aryl methyl sites for hydroxylation is 1. The second-order valence-corrected chi connectivity index (χ2v) is 8.00.